The highest BCUT2D eigenvalue weighted by molar-refractivity contribution is 6.09. The fourth-order valence-corrected chi connectivity index (χ4v) is 1.79. The van der Waals surface area contributed by atoms with Crippen LogP contribution in [0.5, 0.6) is 0 Å². The standard InChI is InChI=1S/C16H14N2O2/c17-15(19)11-12-16(20)18(13-7-3-1-4-8-13)14-9-5-2-6-10-14/h1-12H,(H2,17,19). The molecule has 2 N–H and O–H groups in total. The van der Waals surface area contributed by atoms with Gasteiger partial charge < -0.3 is 5.73 Å². The van der Waals surface area contributed by atoms with Crippen molar-refractivity contribution in [2.75, 3.05) is 4.90 Å². The summed E-state index contributed by atoms with van der Waals surface area (Å²) in [6.45, 7) is 0. The van der Waals surface area contributed by atoms with E-state index in [0.29, 0.717) is 0 Å². The van der Waals surface area contributed by atoms with E-state index < -0.39 is 5.91 Å². The summed E-state index contributed by atoms with van der Waals surface area (Å²) in [4.78, 5) is 24.6. The molecule has 0 saturated heterocycles. The first-order valence-corrected chi connectivity index (χ1v) is 6.10. The topological polar surface area (TPSA) is 63.4 Å². The Bertz CT molecular complexity index is 582. The fraction of sp³-hybridized carbons (Fsp3) is 0. The molecule has 2 amide bonds. The number of carbonyl (C=O) groups excluding carboxylic acids is 2. The van der Waals surface area contributed by atoms with Crippen molar-refractivity contribution >= 4 is 23.2 Å². The summed E-state index contributed by atoms with van der Waals surface area (Å²) in [5.74, 6) is -0.986. The smallest absolute Gasteiger partial charge is 0.255 e. The van der Waals surface area contributed by atoms with Crippen molar-refractivity contribution < 1.29 is 9.59 Å². The van der Waals surface area contributed by atoms with Gasteiger partial charge in [-0.15, -0.1) is 0 Å². The minimum Gasteiger partial charge on any atom is -0.366 e. The van der Waals surface area contributed by atoms with Gasteiger partial charge in [-0.2, -0.15) is 0 Å². The van der Waals surface area contributed by atoms with Gasteiger partial charge in [0.05, 0.1) is 0 Å². The van der Waals surface area contributed by atoms with Crippen LogP contribution in [0, 0.1) is 0 Å². The van der Waals surface area contributed by atoms with Gasteiger partial charge in [-0.05, 0) is 24.3 Å². The number of hydrogen-bond donors (Lipinski definition) is 1. The van der Waals surface area contributed by atoms with E-state index in [2.05, 4.69) is 0 Å². The lowest BCUT2D eigenvalue weighted by Crippen LogP contribution is -2.24. The molecule has 0 spiro atoms. The first kappa shape index (κ1) is 13.5. The second kappa shape index (κ2) is 6.33. The molecule has 0 heterocycles. The minimum atomic E-state index is -0.653. The zero-order valence-electron chi connectivity index (χ0n) is 10.8. The van der Waals surface area contributed by atoms with Gasteiger partial charge in [-0.3, -0.25) is 14.5 Å². The quantitative estimate of drug-likeness (QED) is 0.864. The van der Waals surface area contributed by atoms with Crippen LogP contribution in [0.2, 0.25) is 0 Å². The summed E-state index contributed by atoms with van der Waals surface area (Å²) >= 11 is 0. The van der Waals surface area contributed by atoms with Gasteiger partial charge >= 0.3 is 0 Å². The van der Waals surface area contributed by atoms with Gasteiger partial charge in [0.1, 0.15) is 0 Å². The highest BCUT2D eigenvalue weighted by Gasteiger charge is 2.15. The summed E-state index contributed by atoms with van der Waals surface area (Å²) < 4.78 is 0. The summed E-state index contributed by atoms with van der Waals surface area (Å²) in [7, 11) is 0. The number of benzene rings is 2. The van der Waals surface area contributed by atoms with Crippen LogP contribution in [0.4, 0.5) is 11.4 Å². The number of carbonyl (C=O) groups is 2. The fourth-order valence-electron chi connectivity index (χ4n) is 1.79. The molecule has 4 nitrogen and oxygen atoms in total. The summed E-state index contributed by atoms with van der Waals surface area (Å²) in [6, 6.07) is 18.4. The molecule has 0 aliphatic rings. The van der Waals surface area contributed by atoms with Crippen LogP contribution in [0.1, 0.15) is 0 Å². The van der Waals surface area contributed by atoms with Gasteiger partial charge in [-0.1, -0.05) is 36.4 Å². The molecule has 100 valence electrons. The third-order valence-electron chi connectivity index (χ3n) is 2.64. The molecule has 20 heavy (non-hydrogen) atoms. The summed E-state index contributed by atoms with van der Waals surface area (Å²) in [5.41, 5.74) is 6.46. The first-order valence-electron chi connectivity index (χ1n) is 6.10. The van der Waals surface area contributed by atoms with Gasteiger partial charge in [0.25, 0.3) is 5.91 Å². The van der Waals surface area contributed by atoms with Crippen LogP contribution in [-0.4, -0.2) is 11.8 Å². The number of nitrogens with zero attached hydrogens (tertiary/aromatic N) is 1. The van der Waals surface area contributed by atoms with E-state index in [9.17, 15) is 9.59 Å². The Morgan fingerprint density at radius 3 is 1.65 bits per heavy atom. The minimum absolute atomic E-state index is 0.332. The molecule has 0 aliphatic heterocycles. The molecule has 0 aliphatic carbocycles. The van der Waals surface area contributed by atoms with Crippen molar-refractivity contribution in [3.63, 3.8) is 0 Å². The lowest BCUT2D eigenvalue weighted by atomic mass is 10.2. The van der Waals surface area contributed by atoms with Gasteiger partial charge in [0.15, 0.2) is 0 Å². The van der Waals surface area contributed by atoms with Crippen molar-refractivity contribution in [3.8, 4) is 0 Å². The largest absolute Gasteiger partial charge is 0.366 e. The van der Waals surface area contributed by atoms with Crippen molar-refractivity contribution in [3.05, 3.63) is 72.8 Å². The van der Waals surface area contributed by atoms with Crippen molar-refractivity contribution in [1.29, 1.82) is 0 Å². The highest BCUT2D eigenvalue weighted by atomic mass is 16.2. The average Bonchev–Trinajstić information content (AvgIpc) is 2.48. The second-order valence-electron chi connectivity index (χ2n) is 4.08. The molecule has 2 aromatic rings. The molecule has 0 atom stereocenters. The monoisotopic (exact) mass is 266 g/mol. The van der Waals surface area contributed by atoms with E-state index in [-0.39, 0.29) is 5.91 Å². The molecule has 0 aromatic heterocycles. The Balaban J connectivity index is 2.40. The SMILES string of the molecule is NC(=O)C=CC(=O)N(c1ccccc1)c1ccccc1. The van der Waals surface area contributed by atoms with Gasteiger partial charge in [-0.25, -0.2) is 0 Å². The van der Waals surface area contributed by atoms with E-state index in [1.807, 2.05) is 60.7 Å². The molecule has 2 aromatic carbocycles. The van der Waals surface area contributed by atoms with Crippen molar-refractivity contribution in [1.82, 2.24) is 0 Å². The normalized spacial score (nSPS) is 10.4. The Morgan fingerprint density at radius 1 is 0.800 bits per heavy atom. The van der Waals surface area contributed by atoms with Crippen LogP contribution in [0.25, 0.3) is 0 Å². The summed E-state index contributed by atoms with van der Waals surface area (Å²) in [5, 5.41) is 0. The highest BCUT2D eigenvalue weighted by Crippen LogP contribution is 2.25. The molecule has 0 fully saturated rings. The Hall–Kier alpha value is -2.88. The van der Waals surface area contributed by atoms with Crippen LogP contribution >= 0.6 is 0 Å². The second-order valence-corrected chi connectivity index (χ2v) is 4.08. The maximum atomic E-state index is 12.3. The lowest BCUT2D eigenvalue weighted by Gasteiger charge is -2.21. The Labute approximate surface area is 117 Å². The molecule has 0 saturated carbocycles. The summed E-state index contributed by atoms with van der Waals surface area (Å²) in [6.07, 6.45) is 2.23. The molecule has 4 heteroatoms. The number of anilines is 2. The van der Waals surface area contributed by atoms with Crippen LogP contribution < -0.4 is 10.6 Å². The van der Waals surface area contributed by atoms with E-state index in [1.165, 1.54) is 11.0 Å². The third kappa shape index (κ3) is 3.32. The van der Waals surface area contributed by atoms with Gasteiger partial charge in [0.2, 0.25) is 5.91 Å². The number of nitrogens with two attached hydrogens (primary N) is 1. The zero-order valence-corrected chi connectivity index (χ0v) is 10.8. The molecular weight excluding hydrogens is 252 g/mol. The van der Waals surface area contributed by atoms with Crippen LogP contribution in [0.15, 0.2) is 72.8 Å². The number of amides is 2. The number of hydrogen-bond acceptors (Lipinski definition) is 2. The zero-order chi connectivity index (χ0) is 14.4. The predicted molar refractivity (Wildman–Crippen MR) is 78.4 cm³/mol. The van der Waals surface area contributed by atoms with Crippen molar-refractivity contribution in [2.45, 2.75) is 0 Å². The number of para-hydroxylation sites is 2. The molecule has 0 radical (unpaired) electrons. The van der Waals surface area contributed by atoms with Crippen LogP contribution in [-0.2, 0) is 9.59 Å². The Kier molecular flexibility index (Phi) is 4.29. The lowest BCUT2D eigenvalue weighted by molar-refractivity contribution is -0.115. The predicted octanol–water partition coefficient (Wildman–Crippen LogP) is 2.39. The number of rotatable bonds is 4. The maximum absolute atomic E-state index is 12.3. The van der Waals surface area contributed by atoms with E-state index in [4.69, 9.17) is 5.73 Å². The maximum Gasteiger partial charge on any atom is 0.255 e. The molecule has 2 rings (SSSR count). The first-order chi connectivity index (χ1) is 9.68. The van der Waals surface area contributed by atoms with Crippen molar-refractivity contribution in [2.24, 2.45) is 5.73 Å². The average molecular weight is 266 g/mol. The third-order valence-corrected chi connectivity index (χ3v) is 2.64. The molecule has 0 unspecified atom stereocenters. The van der Waals surface area contributed by atoms with Gasteiger partial charge in [0, 0.05) is 23.5 Å². The van der Waals surface area contributed by atoms with E-state index >= 15 is 0 Å². The van der Waals surface area contributed by atoms with Crippen LogP contribution in [0.3, 0.4) is 0 Å². The molecule has 0 bridgehead atoms. The number of primary amides is 1. The Morgan fingerprint density at radius 2 is 1.25 bits per heavy atom. The van der Waals surface area contributed by atoms with E-state index in [0.717, 1.165) is 17.5 Å². The van der Waals surface area contributed by atoms with E-state index in [1.54, 1.807) is 0 Å². The molecular formula is C16H14N2O2.